The molecule has 0 aromatic carbocycles. The molecule has 168 valence electrons. The predicted molar refractivity (Wildman–Crippen MR) is 118 cm³/mol. The van der Waals surface area contributed by atoms with Gasteiger partial charge >= 0.3 is 5.97 Å². The smallest absolute Gasteiger partial charge is 0.305 e. The van der Waals surface area contributed by atoms with Crippen LogP contribution in [0.3, 0.4) is 0 Å². The van der Waals surface area contributed by atoms with Crippen molar-refractivity contribution < 1.29 is 19.7 Å². The summed E-state index contributed by atoms with van der Waals surface area (Å²) in [5, 5.41) is 20.6. The van der Waals surface area contributed by atoms with E-state index in [1.807, 2.05) is 60.4 Å². The van der Waals surface area contributed by atoms with Gasteiger partial charge in [-0.25, -0.2) is 0 Å². The third-order valence-corrected chi connectivity index (χ3v) is 3.88. The van der Waals surface area contributed by atoms with Crippen molar-refractivity contribution in [3.05, 3.63) is 0 Å². The molecule has 2 unspecified atom stereocenters. The number of carbonyl (C=O) groups is 1. The van der Waals surface area contributed by atoms with E-state index < -0.39 is 11.7 Å². The van der Waals surface area contributed by atoms with Crippen molar-refractivity contribution in [1.82, 2.24) is 4.90 Å². The van der Waals surface area contributed by atoms with Crippen LogP contribution in [0.15, 0.2) is 0 Å². The van der Waals surface area contributed by atoms with Gasteiger partial charge in [0.15, 0.2) is 0 Å². The molecular formula is C22H51NO4. The molecule has 0 rings (SSSR count). The summed E-state index contributed by atoms with van der Waals surface area (Å²) in [6, 6.07) is -0.209. The highest BCUT2D eigenvalue weighted by Gasteiger charge is 2.37. The van der Waals surface area contributed by atoms with Gasteiger partial charge in [-0.15, -0.1) is 0 Å². The summed E-state index contributed by atoms with van der Waals surface area (Å²) < 4.78 is 5.10. The number of carbonyl (C=O) groups excluding carboxylic acids is 1. The first-order chi connectivity index (χ1) is 12.8. The van der Waals surface area contributed by atoms with Crippen LogP contribution >= 0.6 is 0 Å². The SMILES string of the molecule is CC.CC.CC.CCCCCC(=O)OC[C@@](C)(O)C(O)C(C)N(C)CCC. The first-order valence-corrected chi connectivity index (χ1v) is 11.0. The lowest BCUT2D eigenvalue weighted by Gasteiger charge is -2.36. The first kappa shape index (κ1) is 33.9. The van der Waals surface area contributed by atoms with Crippen molar-refractivity contribution in [1.29, 1.82) is 0 Å². The largest absolute Gasteiger partial charge is 0.463 e. The van der Waals surface area contributed by atoms with Crippen molar-refractivity contribution >= 4 is 5.97 Å². The minimum atomic E-state index is -1.44. The Balaban J connectivity index is -0.000000397. The quantitative estimate of drug-likeness (QED) is 0.380. The molecule has 0 aliphatic heterocycles. The summed E-state index contributed by atoms with van der Waals surface area (Å²) in [7, 11) is 1.91. The summed E-state index contributed by atoms with van der Waals surface area (Å²) in [5.41, 5.74) is -1.44. The lowest BCUT2D eigenvalue weighted by atomic mass is 9.94. The van der Waals surface area contributed by atoms with E-state index >= 15 is 0 Å². The van der Waals surface area contributed by atoms with E-state index in [2.05, 4.69) is 13.8 Å². The molecule has 0 aliphatic carbocycles. The van der Waals surface area contributed by atoms with Crippen LogP contribution in [0.4, 0.5) is 0 Å². The molecule has 0 heterocycles. The average Bonchev–Trinajstić information content (AvgIpc) is 2.70. The molecule has 5 heteroatoms. The van der Waals surface area contributed by atoms with Gasteiger partial charge in [0, 0.05) is 12.5 Å². The minimum absolute atomic E-state index is 0.177. The van der Waals surface area contributed by atoms with Gasteiger partial charge in [0.1, 0.15) is 18.3 Å². The number of nitrogens with zero attached hydrogens (tertiary/aromatic N) is 1. The summed E-state index contributed by atoms with van der Waals surface area (Å²) in [5.74, 6) is -0.314. The summed E-state index contributed by atoms with van der Waals surface area (Å²) >= 11 is 0. The van der Waals surface area contributed by atoms with Gasteiger partial charge in [-0.05, 0) is 40.3 Å². The third-order valence-electron chi connectivity index (χ3n) is 3.88. The van der Waals surface area contributed by atoms with E-state index in [1.165, 1.54) is 6.92 Å². The molecule has 0 saturated heterocycles. The van der Waals surface area contributed by atoms with Crippen LogP contribution in [0.1, 0.15) is 101 Å². The topological polar surface area (TPSA) is 70.0 Å². The van der Waals surface area contributed by atoms with E-state index in [0.717, 1.165) is 32.2 Å². The Morgan fingerprint density at radius 1 is 1.04 bits per heavy atom. The molecule has 0 amide bonds. The van der Waals surface area contributed by atoms with Crippen molar-refractivity contribution in [2.24, 2.45) is 0 Å². The third kappa shape index (κ3) is 18.5. The molecule has 2 N–H and O–H groups in total. The molecule has 0 radical (unpaired) electrons. The number of likely N-dealkylation sites (N-methyl/N-ethyl adjacent to an activating group) is 1. The normalized spacial score (nSPS) is 14.1. The fraction of sp³-hybridized carbons (Fsp3) is 0.955. The van der Waals surface area contributed by atoms with Gasteiger partial charge in [0.25, 0.3) is 0 Å². The highest BCUT2D eigenvalue weighted by Crippen LogP contribution is 2.18. The zero-order chi connectivity index (χ0) is 22.5. The van der Waals surface area contributed by atoms with E-state index in [9.17, 15) is 15.0 Å². The molecule has 0 aromatic rings. The second kappa shape index (κ2) is 23.4. The van der Waals surface area contributed by atoms with Gasteiger partial charge in [0.2, 0.25) is 0 Å². The van der Waals surface area contributed by atoms with Crippen LogP contribution in [-0.4, -0.2) is 59.0 Å². The van der Waals surface area contributed by atoms with E-state index in [0.29, 0.717) is 6.42 Å². The van der Waals surface area contributed by atoms with E-state index in [4.69, 9.17) is 4.74 Å². The van der Waals surface area contributed by atoms with Crippen molar-refractivity contribution in [2.45, 2.75) is 119 Å². The molecule has 5 nitrogen and oxygen atoms in total. The fourth-order valence-corrected chi connectivity index (χ4v) is 2.22. The molecule has 0 aromatic heterocycles. The van der Waals surface area contributed by atoms with Crippen LogP contribution in [0.2, 0.25) is 0 Å². The monoisotopic (exact) mass is 393 g/mol. The van der Waals surface area contributed by atoms with Crippen LogP contribution in [0.5, 0.6) is 0 Å². The van der Waals surface area contributed by atoms with Gasteiger partial charge < -0.3 is 19.8 Å². The number of rotatable bonds is 11. The van der Waals surface area contributed by atoms with Gasteiger partial charge in [0.05, 0.1) is 0 Å². The second-order valence-electron chi connectivity index (χ2n) is 6.14. The number of hydrogen-bond donors (Lipinski definition) is 2. The number of aliphatic hydroxyl groups is 2. The Hall–Kier alpha value is -0.650. The number of aliphatic hydroxyl groups excluding tert-OH is 1. The highest BCUT2D eigenvalue weighted by atomic mass is 16.5. The van der Waals surface area contributed by atoms with E-state index in [1.54, 1.807) is 0 Å². The Labute approximate surface area is 170 Å². The van der Waals surface area contributed by atoms with Crippen LogP contribution in [-0.2, 0) is 9.53 Å². The number of ether oxygens (including phenoxy) is 1. The van der Waals surface area contributed by atoms with Crippen molar-refractivity contribution in [3.63, 3.8) is 0 Å². The Morgan fingerprint density at radius 2 is 1.52 bits per heavy atom. The maximum Gasteiger partial charge on any atom is 0.305 e. The average molecular weight is 394 g/mol. The van der Waals surface area contributed by atoms with Crippen LogP contribution in [0.25, 0.3) is 0 Å². The van der Waals surface area contributed by atoms with Crippen LogP contribution in [0, 0.1) is 0 Å². The van der Waals surface area contributed by atoms with Gasteiger partial charge in [-0.3, -0.25) is 4.79 Å². The Morgan fingerprint density at radius 3 is 1.93 bits per heavy atom. The summed E-state index contributed by atoms with van der Waals surface area (Å²) in [6.45, 7) is 20.2. The summed E-state index contributed by atoms with van der Waals surface area (Å²) in [6.07, 6.45) is 3.21. The standard InChI is InChI=1S/C16H33NO4.3C2H6/c1-6-8-9-10-14(18)21-12-16(4,20)15(19)13(3)17(5)11-7-2;3*1-2/h13,15,19-20H,6-12H2,1-5H3;3*1-2H3/t13?,15?,16-;;;/m1.../s1. The maximum absolute atomic E-state index is 11.6. The number of esters is 1. The Bertz CT molecular complexity index is 296. The molecule has 0 aliphatic rings. The van der Waals surface area contributed by atoms with Crippen LogP contribution < -0.4 is 0 Å². The summed E-state index contributed by atoms with van der Waals surface area (Å²) in [4.78, 5) is 13.6. The van der Waals surface area contributed by atoms with Gasteiger partial charge in [-0.2, -0.15) is 0 Å². The Kier molecular flexibility index (Phi) is 29.4. The first-order valence-electron chi connectivity index (χ1n) is 11.0. The fourth-order valence-electron chi connectivity index (χ4n) is 2.22. The van der Waals surface area contributed by atoms with Crippen molar-refractivity contribution in [3.8, 4) is 0 Å². The molecule has 0 spiro atoms. The zero-order valence-electron chi connectivity index (χ0n) is 20.3. The van der Waals surface area contributed by atoms with E-state index in [-0.39, 0.29) is 18.6 Å². The lowest BCUT2D eigenvalue weighted by Crippen LogP contribution is -2.54. The molecule has 3 atom stereocenters. The second-order valence-corrected chi connectivity index (χ2v) is 6.14. The number of unbranched alkanes of at least 4 members (excludes halogenated alkanes) is 2. The molecule has 27 heavy (non-hydrogen) atoms. The molecule has 0 bridgehead atoms. The zero-order valence-corrected chi connectivity index (χ0v) is 20.3. The molecule has 0 fully saturated rings. The number of hydrogen-bond acceptors (Lipinski definition) is 5. The van der Waals surface area contributed by atoms with Crippen molar-refractivity contribution in [2.75, 3.05) is 20.2 Å². The van der Waals surface area contributed by atoms with Gasteiger partial charge in [-0.1, -0.05) is 68.2 Å². The highest BCUT2D eigenvalue weighted by molar-refractivity contribution is 5.69. The molecule has 0 saturated carbocycles. The molecular weight excluding hydrogens is 342 g/mol. The predicted octanol–water partition coefficient (Wildman–Crippen LogP) is 5.03. The minimum Gasteiger partial charge on any atom is -0.463 e. The maximum atomic E-state index is 11.6. The lowest BCUT2D eigenvalue weighted by molar-refractivity contribution is -0.162.